The quantitative estimate of drug-likeness (QED) is 0.753. The molecule has 0 unspecified atom stereocenters. The molecule has 0 amide bonds. The summed E-state index contributed by atoms with van der Waals surface area (Å²) in [6.07, 6.45) is 2.36. The van der Waals surface area contributed by atoms with Gasteiger partial charge in [-0.2, -0.15) is 4.98 Å². The van der Waals surface area contributed by atoms with Crippen molar-refractivity contribution in [1.29, 1.82) is 0 Å². The van der Waals surface area contributed by atoms with Crippen molar-refractivity contribution >= 4 is 5.97 Å². The number of carboxylic acids is 1. The molecule has 0 aliphatic carbocycles. The third-order valence-corrected chi connectivity index (χ3v) is 2.22. The van der Waals surface area contributed by atoms with E-state index in [1.807, 2.05) is 0 Å². The minimum atomic E-state index is -1.15. The first-order valence-corrected chi connectivity index (χ1v) is 4.54. The minimum Gasteiger partial charge on any atom is -0.475 e. The zero-order valence-electron chi connectivity index (χ0n) is 7.64. The number of carboxylic acid groups (broad SMARTS) is 1. The predicted octanol–water partition coefficient (Wildman–Crippen LogP) is 0.364. The van der Waals surface area contributed by atoms with Gasteiger partial charge in [-0.15, -0.1) is 0 Å². The molecule has 0 aromatic carbocycles. The van der Waals surface area contributed by atoms with Crippen LogP contribution in [0.4, 0.5) is 0 Å². The molecule has 1 aromatic heterocycles. The Hall–Kier alpha value is -1.43. The lowest BCUT2D eigenvalue weighted by Gasteiger charge is -2.09. The fourth-order valence-electron chi connectivity index (χ4n) is 1.54. The molecule has 1 aliphatic rings. The van der Waals surface area contributed by atoms with Gasteiger partial charge in [-0.3, -0.25) is 4.90 Å². The standard InChI is InChI=1S/C8H11N3O3/c12-8(13)7-9-6(14-10-7)5-11-3-1-2-4-11/h1-5H2,(H,12,13). The maximum atomic E-state index is 10.5. The molecule has 76 valence electrons. The van der Waals surface area contributed by atoms with E-state index < -0.39 is 5.97 Å². The maximum Gasteiger partial charge on any atom is 0.377 e. The first-order chi connectivity index (χ1) is 6.75. The average molecular weight is 197 g/mol. The van der Waals surface area contributed by atoms with Crippen molar-refractivity contribution in [3.63, 3.8) is 0 Å². The SMILES string of the molecule is O=C(O)c1noc(CN2CCCC2)n1. The third kappa shape index (κ3) is 1.90. The minimum absolute atomic E-state index is 0.265. The van der Waals surface area contributed by atoms with Crippen LogP contribution in [-0.4, -0.2) is 39.2 Å². The fraction of sp³-hybridized carbons (Fsp3) is 0.625. The highest BCUT2D eigenvalue weighted by Crippen LogP contribution is 2.11. The van der Waals surface area contributed by atoms with E-state index in [-0.39, 0.29) is 5.82 Å². The lowest BCUT2D eigenvalue weighted by Crippen LogP contribution is -2.18. The van der Waals surface area contributed by atoms with Gasteiger partial charge in [-0.1, -0.05) is 0 Å². The summed E-state index contributed by atoms with van der Waals surface area (Å²) in [6, 6.07) is 0. The topological polar surface area (TPSA) is 79.5 Å². The Labute approximate surface area is 80.5 Å². The molecule has 0 atom stereocenters. The highest BCUT2D eigenvalue weighted by atomic mass is 16.5. The van der Waals surface area contributed by atoms with Gasteiger partial charge in [0.15, 0.2) is 0 Å². The molecule has 0 saturated carbocycles. The third-order valence-electron chi connectivity index (χ3n) is 2.22. The summed E-state index contributed by atoms with van der Waals surface area (Å²) in [6.45, 7) is 2.59. The van der Waals surface area contributed by atoms with E-state index >= 15 is 0 Å². The van der Waals surface area contributed by atoms with Crippen LogP contribution in [0, 0.1) is 0 Å². The van der Waals surface area contributed by atoms with Crippen molar-refractivity contribution in [2.45, 2.75) is 19.4 Å². The molecule has 0 spiro atoms. The van der Waals surface area contributed by atoms with Crippen LogP contribution in [-0.2, 0) is 6.54 Å². The molecule has 1 fully saturated rings. The Morgan fingerprint density at radius 2 is 2.21 bits per heavy atom. The second-order valence-corrected chi connectivity index (χ2v) is 3.30. The van der Waals surface area contributed by atoms with E-state index in [1.165, 1.54) is 12.8 Å². The van der Waals surface area contributed by atoms with Crippen LogP contribution in [0.2, 0.25) is 0 Å². The van der Waals surface area contributed by atoms with Crippen molar-refractivity contribution in [3.05, 3.63) is 11.7 Å². The van der Waals surface area contributed by atoms with E-state index in [0.717, 1.165) is 13.1 Å². The van der Waals surface area contributed by atoms with Gasteiger partial charge >= 0.3 is 5.97 Å². The Bertz CT molecular complexity index is 330. The van der Waals surface area contributed by atoms with Crippen molar-refractivity contribution in [1.82, 2.24) is 15.0 Å². The largest absolute Gasteiger partial charge is 0.475 e. The summed E-state index contributed by atoms with van der Waals surface area (Å²) in [7, 11) is 0. The summed E-state index contributed by atoms with van der Waals surface area (Å²) in [4.78, 5) is 16.4. The number of likely N-dealkylation sites (tertiary alicyclic amines) is 1. The lowest BCUT2D eigenvalue weighted by atomic mass is 10.4. The molecule has 1 N–H and O–H groups in total. The Morgan fingerprint density at radius 3 is 2.79 bits per heavy atom. The van der Waals surface area contributed by atoms with Crippen molar-refractivity contribution < 1.29 is 14.4 Å². The van der Waals surface area contributed by atoms with Gasteiger partial charge in [0.05, 0.1) is 6.54 Å². The van der Waals surface area contributed by atoms with Gasteiger partial charge < -0.3 is 9.63 Å². The number of nitrogens with zero attached hydrogens (tertiary/aromatic N) is 3. The van der Waals surface area contributed by atoms with E-state index in [9.17, 15) is 4.79 Å². The number of hydrogen-bond acceptors (Lipinski definition) is 5. The summed E-state index contributed by atoms with van der Waals surface area (Å²) in [5.41, 5.74) is 0. The molecular formula is C8H11N3O3. The Morgan fingerprint density at radius 1 is 1.50 bits per heavy atom. The second kappa shape index (κ2) is 3.75. The number of carbonyl (C=O) groups is 1. The van der Waals surface area contributed by atoms with Crippen molar-refractivity contribution in [2.75, 3.05) is 13.1 Å². The molecule has 2 heterocycles. The number of aromatic carboxylic acids is 1. The van der Waals surface area contributed by atoms with Crippen LogP contribution in [0.5, 0.6) is 0 Å². The zero-order valence-corrected chi connectivity index (χ0v) is 7.64. The van der Waals surface area contributed by atoms with Crippen molar-refractivity contribution in [3.8, 4) is 0 Å². The average Bonchev–Trinajstić information content (AvgIpc) is 2.75. The molecule has 6 nitrogen and oxygen atoms in total. The molecule has 1 saturated heterocycles. The summed E-state index contributed by atoms with van der Waals surface area (Å²) in [5.74, 6) is -1.04. The first-order valence-electron chi connectivity index (χ1n) is 4.54. The van der Waals surface area contributed by atoms with E-state index in [4.69, 9.17) is 9.63 Å². The van der Waals surface area contributed by atoms with Gasteiger partial charge in [0.2, 0.25) is 5.89 Å². The molecule has 0 radical (unpaired) electrons. The van der Waals surface area contributed by atoms with Gasteiger partial charge in [-0.25, -0.2) is 4.79 Å². The second-order valence-electron chi connectivity index (χ2n) is 3.30. The summed E-state index contributed by atoms with van der Waals surface area (Å²) in [5, 5.41) is 11.9. The molecule has 6 heteroatoms. The summed E-state index contributed by atoms with van der Waals surface area (Å²) >= 11 is 0. The number of aromatic nitrogens is 2. The smallest absolute Gasteiger partial charge is 0.377 e. The highest BCUT2D eigenvalue weighted by molar-refractivity contribution is 5.82. The monoisotopic (exact) mass is 197 g/mol. The number of hydrogen-bond donors (Lipinski definition) is 1. The van der Waals surface area contributed by atoms with Crippen LogP contribution in [0.25, 0.3) is 0 Å². The molecule has 14 heavy (non-hydrogen) atoms. The van der Waals surface area contributed by atoms with Crippen LogP contribution < -0.4 is 0 Å². The lowest BCUT2D eigenvalue weighted by molar-refractivity contribution is 0.0680. The van der Waals surface area contributed by atoms with Crippen molar-refractivity contribution in [2.24, 2.45) is 0 Å². The van der Waals surface area contributed by atoms with E-state index in [2.05, 4.69) is 15.0 Å². The normalized spacial score (nSPS) is 17.4. The summed E-state index contributed by atoms with van der Waals surface area (Å²) < 4.78 is 4.80. The zero-order chi connectivity index (χ0) is 9.97. The maximum absolute atomic E-state index is 10.5. The predicted molar refractivity (Wildman–Crippen MR) is 45.8 cm³/mol. The Balaban J connectivity index is 1.98. The van der Waals surface area contributed by atoms with Gasteiger partial charge in [0.25, 0.3) is 5.82 Å². The molecular weight excluding hydrogens is 186 g/mol. The van der Waals surface area contributed by atoms with Crippen LogP contribution in [0.3, 0.4) is 0 Å². The number of rotatable bonds is 3. The van der Waals surface area contributed by atoms with E-state index in [1.54, 1.807) is 0 Å². The van der Waals surface area contributed by atoms with Crippen LogP contribution in [0.1, 0.15) is 29.4 Å². The first kappa shape index (κ1) is 9.14. The van der Waals surface area contributed by atoms with Gasteiger partial charge in [-0.05, 0) is 31.1 Å². The highest BCUT2D eigenvalue weighted by Gasteiger charge is 2.17. The van der Waals surface area contributed by atoms with Gasteiger partial charge in [0.1, 0.15) is 0 Å². The fourth-order valence-corrected chi connectivity index (χ4v) is 1.54. The Kier molecular flexibility index (Phi) is 2.45. The van der Waals surface area contributed by atoms with E-state index in [0.29, 0.717) is 12.4 Å². The molecule has 0 bridgehead atoms. The molecule has 1 aliphatic heterocycles. The van der Waals surface area contributed by atoms with Crippen LogP contribution in [0.15, 0.2) is 4.52 Å². The van der Waals surface area contributed by atoms with Crippen LogP contribution >= 0.6 is 0 Å². The molecule has 2 rings (SSSR count). The van der Waals surface area contributed by atoms with Gasteiger partial charge in [0, 0.05) is 0 Å². The molecule has 1 aromatic rings.